The molecule has 0 aliphatic rings. The largest absolute Gasteiger partial charge is 0.497 e. The molecular formula is C25H28N2O4S. The predicted octanol–water partition coefficient (Wildman–Crippen LogP) is 4.70. The number of amides is 1. The number of carbonyl (C=O) groups is 1. The van der Waals surface area contributed by atoms with Crippen molar-refractivity contribution >= 4 is 21.6 Å². The van der Waals surface area contributed by atoms with Crippen molar-refractivity contribution in [1.82, 2.24) is 4.31 Å². The second-order valence-corrected chi connectivity index (χ2v) is 9.69. The summed E-state index contributed by atoms with van der Waals surface area (Å²) in [5.41, 5.74) is 3.39. The van der Waals surface area contributed by atoms with Crippen LogP contribution in [-0.2, 0) is 14.8 Å². The minimum Gasteiger partial charge on any atom is -0.497 e. The summed E-state index contributed by atoms with van der Waals surface area (Å²) in [6.07, 6.45) is -0.0394. The Labute approximate surface area is 189 Å². The van der Waals surface area contributed by atoms with Crippen LogP contribution < -0.4 is 10.1 Å². The highest BCUT2D eigenvalue weighted by molar-refractivity contribution is 7.89. The number of rotatable bonds is 8. The van der Waals surface area contributed by atoms with Gasteiger partial charge < -0.3 is 10.1 Å². The van der Waals surface area contributed by atoms with Crippen molar-refractivity contribution in [3.63, 3.8) is 0 Å². The van der Waals surface area contributed by atoms with E-state index in [4.69, 9.17) is 4.74 Å². The minimum absolute atomic E-state index is 0.0394. The second kappa shape index (κ2) is 9.97. The molecule has 1 atom stereocenters. The lowest BCUT2D eigenvalue weighted by atomic mass is 10.0. The van der Waals surface area contributed by atoms with Crippen LogP contribution in [0.1, 0.15) is 29.2 Å². The summed E-state index contributed by atoms with van der Waals surface area (Å²) in [5, 5.41) is 2.93. The molecule has 0 aliphatic carbocycles. The van der Waals surface area contributed by atoms with Crippen LogP contribution in [-0.4, -0.2) is 32.8 Å². The summed E-state index contributed by atoms with van der Waals surface area (Å²) in [6, 6.07) is 20.4. The molecule has 0 bridgehead atoms. The standard InChI is InChI=1S/C25H28N2O4S/c1-18-10-11-19(2)23(16-18)26-25(28)17-24(20-12-14-21(31-4)15-13-20)27(3)32(29,30)22-8-6-5-7-9-22/h5-16,24H,17H2,1-4H3,(H,26,28)/t24-/m0/s1. The molecule has 0 spiro atoms. The fourth-order valence-electron chi connectivity index (χ4n) is 3.46. The second-order valence-electron chi connectivity index (χ2n) is 7.69. The average Bonchev–Trinajstić information content (AvgIpc) is 2.80. The molecule has 3 aromatic carbocycles. The average molecular weight is 453 g/mol. The molecule has 0 saturated heterocycles. The minimum atomic E-state index is -3.81. The van der Waals surface area contributed by atoms with Gasteiger partial charge in [-0.25, -0.2) is 8.42 Å². The van der Waals surface area contributed by atoms with Crippen LogP contribution in [0.15, 0.2) is 77.7 Å². The van der Waals surface area contributed by atoms with E-state index in [9.17, 15) is 13.2 Å². The van der Waals surface area contributed by atoms with Gasteiger partial charge in [-0.15, -0.1) is 0 Å². The Balaban J connectivity index is 1.93. The molecule has 1 N–H and O–H groups in total. The topological polar surface area (TPSA) is 75.7 Å². The molecular weight excluding hydrogens is 424 g/mol. The molecule has 7 heteroatoms. The maximum atomic E-state index is 13.3. The van der Waals surface area contributed by atoms with Crippen molar-refractivity contribution in [1.29, 1.82) is 0 Å². The number of ether oxygens (including phenoxy) is 1. The molecule has 0 aromatic heterocycles. The van der Waals surface area contributed by atoms with Gasteiger partial charge in [0.1, 0.15) is 5.75 Å². The predicted molar refractivity (Wildman–Crippen MR) is 126 cm³/mol. The SMILES string of the molecule is COc1ccc([C@H](CC(=O)Nc2cc(C)ccc2C)N(C)S(=O)(=O)c2ccccc2)cc1. The van der Waals surface area contributed by atoms with Gasteiger partial charge >= 0.3 is 0 Å². The first kappa shape index (κ1) is 23.5. The first-order valence-corrected chi connectivity index (χ1v) is 11.7. The van der Waals surface area contributed by atoms with Crippen LogP contribution in [0.3, 0.4) is 0 Å². The van der Waals surface area contributed by atoms with E-state index in [0.29, 0.717) is 11.3 Å². The van der Waals surface area contributed by atoms with Gasteiger partial charge in [0.05, 0.1) is 18.0 Å². The van der Waals surface area contributed by atoms with Gasteiger partial charge in [-0.3, -0.25) is 4.79 Å². The fourth-order valence-corrected chi connectivity index (χ4v) is 4.82. The van der Waals surface area contributed by atoms with Crippen LogP contribution in [0.4, 0.5) is 5.69 Å². The molecule has 6 nitrogen and oxygen atoms in total. The van der Waals surface area contributed by atoms with Gasteiger partial charge in [0.25, 0.3) is 0 Å². The Hall–Kier alpha value is -3.16. The zero-order chi connectivity index (χ0) is 23.3. The number of carbonyl (C=O) groups excluding carboxylic acids is 1. The summed E-state index contributed by atoms with van der Waals surface area (Å²) >= 11 is 0. The molecule has 168 valence electrons. The lowest BCUT2D eigenvalue weighted by Gasteiger charge is -2.28. The Kier molecular flexibility index (Phi) is 7.33. The van der Waals surface area contributed by atoms with Crippen molar-refractivity contribution < 1.29 is 17.9 Å². The molecule has 0 unspecified atom stereocenters. The van der Waals surface area contributed by atoms with Gasteiger partial charge in [0.2, 0.25) is 15.9 Å². The van der Waals surface area contributed by atoms with Gasteiger partial charge in [-0.1, -0.05) is 42.5 Å². The van der Waals surface area contributed by atoms with E-state index in [0.717, 1.165) is 16.8 Å². The molecule has 3 aromatic rings. The van der Waals surface area contributed by atoms with E-state index >= 15 is 0 Å². The quantitative estimate of drug-likeness (QED) is 0.537. The number of hydrogen-bond acceptors (Lipinski definition) is 4. The Bertz CT molecular complexity index is 1180. The number of nitrogens with zero attached hydrogens (tertiary/aromatic N) is 1. The number of methoxy groups -OCH3 is 1. The number of sulfonamides is 1. The summed E-state index contributed by atoms with van der Waals surface area (Å²) in [6.45, 7) is 3.87. The van der Waals surface area contributed by atoms with Crippen molar-refractivity contribution in [3.05, 3.63) is 89.5 Å². The third kappa shape index (κ3) is 5.36. The first-order valence-electron chi connectivity index (χ1n) is 10.3. The smallest absolute Gasteiger partial charge is 0.243 e. The number of anilines is 1. The molecule has 0 fully saturated rings. The Morgan fingerprint density at radius 2 is 1.66 bits per heavy atom. The zero-order valence-corrected chi connectivity index (χ0v) is 19.5. The van der Waals surface area contributed by atoms with Gasteiger partial charge in [0.15, 0.2) is 0 Å². The number of benzene rings is 3. The maximum Gasteiger partial charge on any atom is 0.243 e. The molecule has 0 radical (unpaired) electrons. The molecule has 0 heterocycles. The molecule has 0 saturated carbocycles. The fraction of sp³-hybridized carbons (Fsp3) is 0.240. The van der Waals surface area contributed by atoms with Gasteiger partial charge in [0, 0.05) is 19.2 Å². The summed E-state index contributed by atoms with van der Waals surface area (Å²) in [5.74, 6) is 0.385. The van der Waals surface area contributed by atoms with E-state index in [-0.39, 0.29) is 17.2 Å². The van der Waals surface area contributed by atoms with Crippen molar-refractivity contribution in [3.8, 4) is 5.75 Å². The van der Waals surface area contributed by atoms with E-state index in [1.165, 1.54) is 11.4 Å². The van der Waals surface area contributed by atoms with E-state index in [2.05, 4.69) is 5.32 Å². The lowest BCUT2D eigenvalue weighted by molar-refractivity contribution is -0.117. The highest BCUT2D eigenvalue weighted by atomic mass is 32.2. The van der Waals surface area contributed by atoms with E-state index < -0.39 is 16.1 Å². The normalized spacial score (nSPS) is 12.4. The van der Waals surface area contributed by atoms with E-state index in [1.807, 2.05) is 32.0 Å². The molecule has 3 rings (SSSR count). The van der Waals surface area contributed by atoms with E-state index in [1.54, 1.807) is 61.7 Å². The van der Waals surface area contributed by atoms with Crippen LogP contribution >= 0.6 is 0 Å². The Morgan fingerprint density at radius 3 is 2.28 bits per heavy atom. The summed E-state index contributed by atoms with van der Waals surface area (Å²) in [7, 11) is -0.745. The first-order chi connectivity index (χ1) is 15.2. The lowest BCUT2D eigenvalue weighted by Crippen LogP contribution is -2.34. The number of nitrogens with one attached hydrogen (secondary N) is 1. The van der Waals surface area contributed by atoms with Crippen molar-refractivity contribution in [2.45, 2.75) is 31.2 Å². The summed E-state index contributed by atoms with van der Waals surface area (Å²) < 4.78 is 33.0. The van der Waals surface area contributed by atoms with Crippen molar-refractivity contribution in [2.75, 3.05) is 19.5 Å². The van der Waals surface area contributed by atoms with Crippen LogP contribution in [0.2, 0.25) is 0 Å². The monoisotopic (exact) mass is 452 g/mol. The van der Waals surface area contributed by atoms with Crippen LogP contribution in [0.5, 0.6) is 5.75 Å². The Morgan fingerprint density at radius 1 is 1.00 bits per heavy atom. The number of aryl methyl sites for hydroxylation is 2. The highest BCUT2D eigenvalue weighted by Gasteiger charge is 2.31. The van der Waals surface area contributed by atoms with Crippen LogP contribution in [0.25, 0.3) is 0 Å². The molecule has 0 aliphatic heterocycles. The number of hydrogen-bond donors (Lipinski definition) is 1. The zero-order valence-electron chi connectivity index (χ0n) is 18.7. The maximum absolute atomic E-state index is 13.3. The summed E-state index contributed by atoms with van der Waals surface area (Å²) in [4.78, 5) is 13.2. The van der Waals surface area contributed by atoms with Gasteiger partial charge in [-0.05, 0) is 60.9 Å². The third-order valence-corrected chi connectivity index (χ3v) is 7.29. The van der Waals surface area contributed by atoms with Crippen molar-refractivity contribution in [2.24, 2.45) is 0 Å². The third-order valence-electron chi connectivity index (χ3n) is 5.41. The van der Waals surface area contributed by atoms with Crippen LogP contribution in [0, 0.1) is 13.8 Å². The molecule has 1 amide bonds. The molecule has 32 heavy (non-hydrogen) atoms. The highest BCUT2D eigenvalue weighted by Crippen LogP contribution is 2.30. The van der Waals surface area contributed by atoms with Gasteiger partial charge in [-0.2, -0.15) is 4.31 Å².